The van der Waals surface area contributed by atoms with Gasteiger partial charge in [0, 0.05) is 5.56 Å². The van der Waals surface area contributed by atoms with Crippen molar-refractivity contribution in [2.24, 2.45) is 0 Å². The Bertz CT molecular complexity index is 604. The molecule has 0 fully saturated rings. The van der Waals surface area contributed by atoms with Crippen molar-refractivity contribution in [2.45, 2.75) is 33.7 Å². The van der Waals surface area contributed by atoms with Crippen molar-refractivity contribution in [3.63, 3.8) is 0 Å². The highest BCUT2D eigenvalue weighted by Crippen LogP contribution is 2.21. The molecule has 2 aromatic heterocycles. The molecule has 0 radical (unpaired) electrons. The molecule has 2 rings (SSSR count). The van der Waals surface area contributed by atoms with Crippen LogP contribution in [0.5, 0.6) is 0 Å². The lowest BCUT2D eigenvalue weighted by Crippen LogP contribution is -2.27. The monoisotopic (exact) mass is 259 g/mol. The van der Waals surface area contributed by atoms with Gasteiger partial charge in [-0.25, -0.2) is 0 Å². The summed E-state index contributed by atoms with van der Waals surface area (Å²) in [4.78, 5) is 12.1. The van der Waals surface area contributed by atoms with Crippen molar-refractivity contribution in [1.82, 2.24) is 15.5 Å². The van der Waals surface area contributed by atoms with E-state index in [0.29, 0.717) is 5.56 Å². The number of aromatic nitrogens is 2. The smallest absolute Gasteiger partial charge is 0.253 e. The number of carbonyl (C=O) groups excluding carboxylic acids is 1. The summed E-state index contributed by atoms with van der Waals surface area (Å²) >= 11 is 0. The van der Waals surface area contributed by atoms with E-state index in [2.05, 4.69) is 15.5 Å². The summed E-state index contributed by atoms with van der Waals surface area (Å²) in [5, 5.41) is 10.5. The van der Waals surface area contributed by atoms with Gasteiger partial charge in [-0.1, -0.05) is 0 Å². The molecule has 19 heavy (non-hydrogen) atoms. The maximum absolute atomic E-state index is 12.1. The lowest BCUT2D eigenvalue weighted by atomic mass is 10.1. The molecular weight excluding hydrogens is 242 g/mol. The quantitative estimate of drug-likeness (QED) is 0.919. The van der Waals surface area contributed by atoms with Gasteiger partial charge in [-0.3, -0.25) is 4.79 Å². The number of hydrogen-bond acceptors (Lipinski definition) is 4. The van der Waals surface area contributed by atoms with Crippen LogP contribution in [0.15, 0.2) is 22.7 Å². The van der Waals surface area contributed by atoms with E-state index < -0.39 is 0 Å². The molecule has 0 aliphatic rings. The minimum absolute atomic E-state index is 0.113. The number of furan rings is 1. The molecule has 2 aromatic rings. The van der Waals surface area contributed by atoms with Gasteiger partial charge in [0.2, 0.25) is 0 Å². The lowest BCUT2D eigenvalue weighted by molar-refractivity contribution is 0.0939. The molecule has 0 spiro atoms. The third kappa shape index (κ3) is 2.99. The molecule has 100 valence electrons. The summed E-state index contributed by atoms with van der Waals surface area (Å²) in [6.07, 6.45) is 1.46. The number of nitrogens with one attached hydrogen (secondary N) is 1. The number of carbonyl (C=O) groups is 1. The van der Waals surface area contributed by atoms with Crippen LogP contribution in [0.3, 0.4) is 0 Å². The van der Waals surface area contributed by atoms with E-state index in [1.807, 2.05) is 26.8 Å². The van der Waals surface area contributed by atoms with E-state index in [-0.39, 0.29) is 11.9 Å². The lowest BCUT2D eigenvalue weighted by Gasteiger charge is -2.13. The SMILES string of the molecule is Cc1cc(C(=O)NC(C)c2cc(C)oc2C)cnn1. The van der Waals surface area contributed by atoms with Gasteiger partial charge >= 0.3 is 0 Å². The molecule has 1 unspecified atom stereocenters. The van der Waals surface area contributed by atoms with E-state index in [1.54, 1.807) is 13.0 Å². The van der Waals surface area contributed by atoms with Crippen molar-refractivity contribution in [3.8, 4) is 0 Å². The fourth-order valence-corrected chi connectivity index (χ4v) is 2.04. The first kappa shape index (κ1) is 13.3. The Balaban J connectivity index is 2.13. The van der Waals surface area contributed by atoms with Crippen LogP contribution in [-0.2, 0) is 0 Å². The molecule has 1 atom stereocenters. The molecule has 0 aromatic carbocycles. The van der Waals surface area contributed by atoms with Crippen LogP contribution in [0.25, 0.3) is 0 Å². The van der Waals surface area contributed by atoms with Gasteiger partial charge in [0.15, 0.2) is 0 Å². The third-order valence-corrected chi connectivity index (χ3v) is 2.93. The maximum atomic E-state index is 12.1. The first-order chi connectivity index (χ1) is 8.97. The van der Waals surface area contributed by atoms with Gasteiger partial charge in [-0.2, -0.15) is 10.2 Å². The molecule has 0 saturated heterocycles. The molecule has 1 amide bonds. The van der Waals surface area contributed by atoms with Gasteiger partial charge in [0.1, 0.15) is 11.5 Å². The van der Waals surface area contributed by atoms with Crippen molar-refractivity contribution in [2.75, 3.05) is 0 Å². The standard InChI is InChI=1S/C14H17N3O2/c1-8-5-12(7-15-17-8)14(18)16-10(3)13-6-9(2)19-11(13)4/h5-7,10H,1-4H3,(H,16,18). The molecule has 0 aliphatic carbocycles. The maximum Gasteiger partial charge on any atom is 0.253 e. The molecular formula is C14H17N3O2. The Hall–Kier alpha value is -2.17. The fourth-order valence-electron chi connectivity index (χ4n) is 2.04. The first-order valence-electron chi connectivity index (χ1n) is 6.14. The summed E-state index contributed by atoms with van der Waals surface area (Å²) in [6, 6.07) is 3.54. The van der Waals surface area contributed by atoms with Gasteiger partial charge in [-0.15, -0.1) is 0 Å². The van der Waals surface area contributed by atoms with Gasteiger partial charge in [0.25, 0.3) is 5.91 Å². The van der Waals surface area contributed by atoms with Crippen LogP contribution in [0, 0.1) is 20.8 Å². The fraction of sp³-hybridized carbons (Fsp3) is 0.357. The summed E-state index contributed by atoms with van der Waals surface area (Å²) < 4.78 is 5.47. The predicted octanol–water partition coefficient (Wildman–Crippen LogP) is 2.49. The Labute approximate surface area is 112 Å². The van der Waals surface area contributed by atoms with Gasteiger partial charge in [-0.05, 0) is 39.8 Å². The Morgan fingerprint density at radius 2 is 2.05 bits per heavy atom. The predicted molar refractivity (Wildman–Crippen MR) is 70.8 cm³/mol. The van der Waals surface area contributed by atoms with Crippen molar-refractivity contribution in [1.29, 1.82) is 0 Å². The van der Waals surface area contributed by atoms with Crippen LogP contribution in [0.4, 0.5) is 0 Å². The number of rotatable bonds is 3. The van der Waals surface area contributed by atoms with E-state index in [0.717, 1.165) is 22.8 Å². The van der Waals surface area contributed by atoms with Crippen LogP contribution in [0.1, 0.15) is 46.1 Å². The van der Waals surface area contributed by atoms with E-state index in [9.17, 15) is 4.79 Å². The Morgan fingerprint density at radius 1 is 1.32 bits per heavy atom. The molecule has 2 heterocycles. The zero-order chi connectivity index (χ0) is 14.0. The van der Waals surface area contributed by atoms with Crippen molar-refractivity contribution in [3.05, 3.63) is 46.7 Å². The van der Waals surface area contributed by atoms with Gasteiger partial charge < -0.3 is 9.73 Å². The highest BCUT2D eigenvalue weighted by molar-refractivity contribution is 5.94. The second-order valence-corrected chi connectivity index (χ2v) is 4.65. The zero-order valence-electron chi connectivity index (χ0n) is 11.5. The average molecular weight is 259 g/mol. The minimum atomic E-state index is -0.163. The first-order valence-corrected chi connectivity index (χ1v) is 6.14. The Kier molecular flexibility index (Phi) is 3.64. The number of amides is 1. The number of hydrogen-bond donors (Lipinski definition) is 1. The minimum Gasteiger partial charge on any atom is -0.466 e. The molecule has 0 aliphatic heterocycles. The second kappa shape index (κ2) is 5.22. The molecule has 0 saturated carbocycles. The average Bonchev–Trinajstić information content (AvgIpc) is 2.68. The highest BCUT2D eigenvalue weighted by Gasteiger charge is 2.16. The largest absolute Gasteiger partial charge is 0.466 e. The third-order valence-electron chi connectivity index (χ3n) is 2.93. The van der Waals surface area contributed by atoms with Crippen LogP contribution < -0.4 is 5.32 Å². The van der Waals surface area contributed by atoms with Crippen LogP contribution >= 0.6 is 0 Å². The topological polar surface area (TPSA) is 68.0 Å². The zero-order valence-corrected chi connectivity index (χ0v) is 11.5. The van der Waals surface area contributed by atoms with Crippen molar-refractivity contribution < 1.29 is 9.21 Å². The van der Waals surface area contributed by atoms with E-state index >= 15 is 0 Å². The normalized spacial score (nSPS) is 12.2. The van der Waals surface area contributed by atoms with E-state index in [4.69, 9.17) is 4.42 Å². The van der Waals surface area contributed by atoms with Crippen LogP contribution in [0.2, 0.25) is 0 Å². The highest BCUT2D eigenvalue weighted by atomic mass is 16.3. The van der Waals surface area contributed by atoms with E-state index in [1.165, 1.54) is 6.20 Å². The molecule has 5 nitrogen and oxygen atoms in total. The van der Waals surface area contributed by atoms with Crippen molar-refractivity contribution >= 4 is 5.91 Å². The number of aryl methyl sites for hydroxylation is 3. The second-order valence-electron chi connectivity index (χ2n) is 4.65. The summed E-state index contributed by atoms with van der Waals surface area (Å²) in [7, 11) is 0. The molecule has 5 heteroatoms. The molecule has 1 N–H and O–H groups in total. The van der Waals surface area contributed by atoms with Gasteiger partial charge in [0.05, 0.1) is 23.5 Å². The Morgan fingerprint density at radius 3 is 2.63 bits per heavy atom. The number of nitrogens with zero attached hydrogens (tertiary/aromatic N) is 2. The van der Waals surface area contributed by atoms with Crippen LogP contribution in [-0.4, -0.2) is 16.1 Å². The molecule has 0 bridgehead atoms. The summed E-state index contributed by atoms with van der Waals surface area (Å²) in [5.74, 6) is 1.51. The summed E-state index contributed by atoms with van der Waals surface area (Å²) in [6.45, 7) is 7.51. The summed E-state index contributed by atoms with van der Waals surface area (Å²) in [5.41, 5.74) is 2.22.